The van der Waals surface area contributed by atoms with Gasteiger partial charge in [-0.1, -0.05) is 42.5 Å². The fourth-order valence-corrected chi connectivity index (χ4v) is 2.58. The van der Waals surface area contributed by atoms with Crippen molar-refractivity contribution in [1.82, 2.24) is 0 Å². The lowest BCUT2D eigenvalue weighted by molar-refractivity contribution is 0.242. The van der Waals surface area contributed by atoms with Crippen molar-refractivity contribution in [1.29, 1.82) is 0 Å². The van der Waals surface area contributed by atoms with Gasteiger partial charge in [0, 0.05) is 0 Å². The molecule has 0 amide bonds. The topological polar surface area (TPSA) is 35.2 Å². The second-order valence-electron chi connectivity index (χ2n) is 5.70. The number of hydrogen-bond donors (Lipinski definition) is 1. The second kappa shape index (κ2) is 7.84. The van der Waals surface area contributed by atoms with Gasteiger partial charge < -0.3 is 10.5 Å². The molecule has 2 aromatic carbocycles. The van der Waals surface area contributed by atoms with Crippen LogP contribution >= 0.6 is 0 Å². The van der Waals surface area contributed by atoms with E-state index in [-0.39, 0.29) is 6.10 Å². The highest BCUT2D eigenvalue weighted by molar-refractivity contribution is 5.31. The minimum atomic E-state index is 0.208. The van der Waals surface area contributed by atoms with Crippen LogP contribution in [0.3, 0.4) is 0 Å². The van der Waals surface area contributed by atoms with Crippen LogP contribution in [0.1, 0.15) is 37.3 Å². The van der Waals surface area contributed by atoms with Gasteiger partial charge in [-0.25, -0.2) is 0 Å². The summed E-state index contributed by atoms with van der Waals surface area (Å²) in [5, 5.41) is 0. The predicted octanol–water partition coefficient (Wildman–Crippen LogP) is 4.15. The molecule has 0 saturated heterocycles. The summed E-state index contributed by atoms with van der Waals surface area (Å²) in [4.78, 5) is 0. The molecule has 0 heterocycles. The van der Waals surface area contributed by atoms with Gasteiger partial charge in [-0.15, -0.1) is 0 Å². The molecular formula is C19H25NO. The molecule has 0 aliphatic heterocycles. The Hall–Kier alpha value is -1.80. The Morgan fingerprint density at radius 1 is 0.952 bits per heavy atom. The second-order valence-corrected chi connectivity index (χ2v) is 5.70. The third-order valence-corrected chi connectivity index (χ3v) is 3.56. The minimum Gasteiger partial charge on any atom is -0.491 e. The summed E-state index contributed by atoms with van der Waals surface area (Å²) in [6.07, 6.45) is 2.24. The zero-order valence-electron chi connectivity index (χ0n) is 13.0. The van der Waals surface area contributed by atoms with Crippen LogP contribution in [0.25, 0.3) is 0 Å². The van der Waals surface area contributed by atoms with Crippen LogP contribution in [0.2, 0.25) is 0 Å². The van der Waals surface area contributed by atoms with Crippen molar-refractivity contribution in [2.75, 3.05) is 6.54 Å². The lowest BCUT2D eigenvalue weighted by Gasteiger charge is -2.18. The Morgan fingerprint density at radius 2 is 1.62 bits per heavy atom. The van der Waals surface area contributed by atoms with Crippen molar-refractivity contribution in [3.63, 3.8) is 0 Å². The van der Waals surface area contributed by atoms with E-state index >= 15 is 0 Å². The summed E-state index contributed by atoms with van der Waals surface area (Å²) in [6.45, 7) is 4.79. The van der Waals surface area contributed by atoms with Crippen molar-refractivity contribution in [2.24, 2.45) is 5.73 Å². The molecule has 112 valence electrons. The van der Waals surface area contributed by atoms with E-state index in [0.29, 0.717) is 12.5 Å². The maximum Gasteiger partial charge on any atom is 0.119 e. The maximum absolute atomic E-state index is 5.79. The highest BCUT2D eigenvalue weighted by Crippen LogP contribution is 2.26. The number of hydrogen-bond acceptors (Lipinski definition) is 2. The summed E-state index contributed by atoms with van der Waals surface area (Å²) in [5.74, 6) is 1.39. The zero-order valence-corrected chi connectivity index (χ0v) is 13.0. The van der Waals surface area contributed by atoms with E-state index in [1.165, 1.54) is 11.1 Å². The monoisotopic (exact) mass is 283 g/mol. The first-order valence-electron chi connectivity index (χ1n) is 7.69. The first kappa shape index (κ1) is 15.6. The average molecular weight is 283 g/mol. The minimum absolute atomic E-state index is 0.208. The van der Waals surface area contributed by atoms with Crippen LogP contribution in [-0.2, 0) is 6.42 Å². The van der Waals surface area contributed by atoms with E-state index in [2.05, 4.69) is 54.6 Å². The zero-order chi connectivity index (χ0) is 15.1. The Kier molecular flexibility index (Phi) is 5.82. The largest absolute Gasteiger partial charge is 0.491 e. The van der Waals surface area contributed by atoms with Gasteiger partial charge in [0.2, 0.25) is 0 Å². The molecule has 2 aromatic rings. The van der Waals surface area contributed by atoms with Gasteiger partial charge in [-0.05, 0) is 62.4 Å². The van der Waals surface area contributed by atoms with E-state index < -0.39 is 0 Å². The van der Waals surface area contributed by atoms with Gasteiger partial charge in [0.1, 0.15) is 5.75 Å². The molecule has 0 radical (unpaired) electrons. The van der Waals surface area contributed by atoms with Crippen LogP contribution in [0.15, 0.2) is 54.6 Å². The number of benzene rings is 2. The van der Waals surface area contributed by atoms with Crippen molar-refractivity contribution in [3.05, 3.63) is 65.7 Å². The van der Waals surface area contributed by atoms with Gasteiger partial charge in [0.05, 0.1) is 6.10 Å². The maximum atomic E-state index is 5.79. The van der Waals surface area contributed by atoms with Crippen LogP contribution in [-0.4, -0.2) is 12.6 Å². The molecule has 21 heavy (non-hydrogen) atoms. The molecular weight excluding hydrogens is 258 g/mol. The summed E-state index contributed by atoms with van der Waals surface area (Å²) < 4.78 is 5.70. The molecule has 0 saturated carbocycles. The average Bonchev–Trinajstić information content (AvgIpc) is 2.48. The lowest BCUT2D eigenvalue weighted by Crippen LogP contribution is -2.10. The van der Waals surface area contributed by atoms with Crippen LogP contribution in [0.5, 0.6) is 5.75 Å². The fourth-order valence-electron chi connectivity index (χ4n) is 2.58. The Balaban J connectivity index is 2.10. The van der Waals surface area contributed by atoms with Gasteiger partial charge in [0.15, 0.2) is 0 Å². The molecule has 2 N–H and O–H groups in total. The third kappa shape index (κ3) is 4.91. The Labute approximate surface area is 127 Å². The molecule has 0 bridgehead atoms. The van der Waals surface area contributed by atoms with Crippen molar-refractivity contribution < 1.29 is 4.74 Å². The van der Waals surface area contributed by atoms with Crippen LogP contribution < -0.4 is 10.5 Å². The van der Waals surface area contributed by atoms with E-state index in [9.17, 15) is 0 Å². The standard InChI is InChI=1S/C19H25NO/c1-15(2)21-19-10-8-17(9-11-19)18(12-13-20)14-16-6-4-3-5-7-16/h3-11,15,18H,12-14,20H2,1-2H3. The van der Waals surface area contributed by atoms with Crippen LogP contribution in [0, 0.1) is 0 Å². The molecule has 0 aliphatic carbocycles. The van der Waals surface area contributed by atoms with E-state index in [1.54, 1.807) is 0 Å². The molecule has 2 nitrogen and oxygen atoms in total. The quantitative estimate of drug-likeness (QED) is 0.828. The SMILES string of the molecule is CC(C)Oc1ccc(C(CCN)Cc2ccccc2)cc1. The number of ether oxygens (including phenoxy) is 1. The van der Waals surface area contributed by atoms with E-state index in [4.69, 9.17) is 10.5 Å². The molecule has 2 heteroatoms. The first-order chi connectivity index (χ1) is 10.2. The van der Waals surface area contributed by atoms with Crippen molar-refractivity contribution >= 4 is 0 Å². The third-order valence-electron chi connectivity index (χ3n) is 3.56. The summed E-state index contributed by atoms with van der Waals surface area (Å²) in [6, 6.07) is 19.1. The summed E-state index contributed by atoms with van der Waals surface area (Å²) >= 11 is 0. The Morgan fingerprint density at radius 3 is 2.19 bits per heavy atom. The number of rotatable bonds is 7. The molecule has 0 fully saturated rings. The van der Waals surface area contributed by atoms with Gasteiger partial charge >= 0.3 is 0 Å². The van der Waals surface area contributed by atoms with Gasteiger partial charge in [0.25, 0.3) is 0 Å². The van der Waals surface area contributed by atoms with Gasteiger partial charge in [-0.2, -0.15) is 0 Å². The summed E-state index contributed by atoms with van der Waals surface area (Å²) in [7, 11) is 0. The Bertz CT molecular complexity index is 519. The van der Waals surface area contributed by atoms with E-state index in [1.807, 2.05) is 13.8 Å². The highest BCUT2D eigenvalue weighted by Gasteiger charge is 2.12. The smallest absolute Gasteiger partial charge is 0.119 e. The number of nitrogens with two attached hydrogens (primary N) is 1. The van der Waals surface area contributed by atoms with Crippen LogP contribution in [0.4, 0.5) is 0 Å². The first-order valence-corrected chi connectivity index (χ1v) is 7.69. The van der Waals surface area contributed by atoms with E-state index in [0.717, 1.165) is 18.6 Å². The fraction of sp³-hybridized carbons (Fsp3) is 0.368. The normalized spacial score (nSPS) is 12.4. The molecule has 0 aliphatic rings. The molecule has 1 atom stereocenters. The molecule has 0 aromatic heterocycles. The molecule has 0 spiro atoms. The highest BCUT2D eigenvalue weighted by atomic mass is 16.5. The van der Waals surface area contributed by atoms with Crippen molar-refractivity contribution in [3.8, 4) is 5.75 Å². The van der Waals surface area contributed by atoms with Gasteiger partial charge in [-0.3, -0.25) is 0 Å². The molecule has 2 rings (SSSR count). The predicted molar refractivity (Wildman–Crippen MR) is 88.8 cm³/mol. The summed E-state index contributed by atoms with van der Waals surface area (Å²) in [5.41, 5.74) is 8.48. The molecule has 1 unspecified atom stereocenters. The lowest BCUT2D eigenvalue weighted by atomic mass is 9.89. The van der Waals surface area contributed by atoms with Crippen molar-refractivity contribution in [2.45, 2.75) is 38.7 Å².